The number of ether oxygens (including phenoxy) is 2. The van der Waals surface area contributed by atoms with Crippen molar-refractivity contribution < 1.29 is 27.5 Å². The van der Waals surface area contributed by atoms with Crippen molar-refractivity contribution in [2.75, 3.05) is 32.1 Å². The standard InChI is InChI=1S/C17H24N2O6S/c1-3-17(21)25-12-16(20)18-13-7-8-14(24-2)15(11-13)26(22,23)19-9-5-4-6-10-19/h7-8,11H,3-6,9-10,12H2,1-2H3,(H,18,20). The molecule has 9 heteroatoms. The molecule has 1 N–H and O–H groups in total. The van der Waals surface area contributed by atoms with E-state index in [1.54, 1.807) is 6.92 Å². The molecule has 1 heterocycles. The maximum Gasteiger partial charge on any atom is 0.306 e. The van der Waals surface area contributed by atoms with Crippen LogP contribution in [0.2, 0.25) is 0 Å². The number of rotatable bonds is 7. The number of benzene rings is 1. The molecule has 0 bridgehead atoms. The number of piperidine rings is 1. The Labute approximate surface area is 153 Å². The second-order valence-corrected chi connectivity index (χ2v) is 7.80. The zero-order valence-electron chi connectivity index (χ0n) is 15.0. The maximum absolute atomic E-state index is 12.9. The van der Waals surface area contributed by atoms with Crippen molar-refractivity contribution in [2.24, 2.45) is 0 Å². The van der Waals surface area contributed by atoms with Crippen molar-refractivity contribution in [3.8, 4) is 5.75 Å². The molecule has 1 aliphatic rings. The number of sulfonamides is 1. The van der Waals surface area contributed by atoms with Crippen LogP contribution in [0.3, 0.4) is 0 Å². The highest BCUT2D eigenvalue weighted by Gasteiger charge is 2.29. The lowest BCUT2D eigenvalue weighted by Gasteiger charge is -2.26. The Morgan fingerprint density at radius 3 is 2.50 bits per heavy atom. The number of carbonyl (C=O) groups excluding carboxylic acids is 2. The van der Waals surface area contributed by atoms with Crippen LogP contribution >= 0.6 is 0 Å². The fourth-order valence-corrected chi connectivity index (χ4v) is 4.34. The molecule has 0 spiro atoms. The molecule has 0 aliphatic carbocycles. The fourth-order valence-electron chi connectivity index (χ4n) is 2.65. The van der Waals surface area contributed by atoms with Crippen LogP contribution in [0.15, 0.2) is 23.1 Å². The van der Waals surface area contributed by atoms with Crippen molar-refractivity contribution in [1.29, 1.82) is 0 Å². The van der Waals surface area contributed by atoms with Crippen LogP contribution in [0.5, 0.6) is 5.75 Å². The third-order valence-electron chi connectivity index (χ3n) is 4.03. The molecular weight excluding hydrogens is 360 g/mol. The van der Waals surface area contributed by atoms with Crippen LogP contribution in [0.4, 0.5) is 5.69 Å². The first kappa shape index (κ1) is 20.2. The van der Waals surface area contributed by atoms with Crippen LogP contribution in [0.1, 0.15) is 32.6 Å². The molecule has 0 aromatic heterocycles. The van der Waals surface area contributed by atoms with Crippen LogP contribution < -0.4 is 10.1 Å². The number of nitrogens with one attached hydrogen (secondary N) is 1. The van der Waals surface area contributed by atoms with Gasteiger partial charge in [-0.25, -0.2) is 8.42 Å². The Morgan fingerprint density at radius 2 is 1.88 bits per heavy atom. The number of nitrogens with zero attached hydrogens (tertiary/aromatic N) is 1. The van der Waals surface area contributed by atoms with Crippen molar-refractivity contribution in [1.82, 2.24) is 4.31 Å². The first-order valence-corrected chi connectivity index (χ1v) is 9.96. The minimum absolute atomic E-state index is 0.00486. The average molecular weight is 384 g/mol. The minimum atomic E-state index is -3.72. The summed E-state index contributed by atoms with van der Waals surface area (Å²) in [6.07, 6.45) is 2.82. The monoisotopic (exact) mass is 384 g/mol. The van der Waals surface area contributed by atoms with E-state index in [9.17, 15) is 18.0 Å². The van der Waals surface area contributed by atoms with E-state index in [0.717, 1.165) is 19.3 Å². The molecule has 1 amide bonds. The van der Waals surface area contributed by atoms with Gasteiger partial charge in [-0.15, -0.1) is 0 Å². The fraction of sp³-hybridized carbons (Fsp3) is 0.529. The zero-order valence-corrected chi connectivity index (χ0v) is 15.8. The first-order valence-electron chi connectivity index (χ1n) is 8.52. The molecule has 1 aliphatic heterocycles. The summed E-state index contributed by atoms with van der Waals surface area (Å²) in [5.41, 5.74) is 0.291. The van der Waals surface area contributed by atoms with Gasteiger partial charge in [0.1, 0.15) is 10.6 Å². The molecule has 0 atom stereocenters. The zero-order chi connectivity index (χ0) is 19.2. The van der Waals surface area contributed by atoms with Gasteiger partial charge in [0.15, 0.2) is 6.61 Å². The van der Waals surface area contributed by atoms with Gasteiger partial charge in [-0.3, -0.25) is 9.59 Å². The van der Waals surface area contributed by atoms with Crippen LogP contribution in [-0.4, -0.2) is 51.4 Å². The maximum atomic E-state index is 12.9. The highest BCUT2D eigenvalue weighted by molar-refractivity contribution is 7.89. The van der Waals surface area contributed by atoms with E-state index in [-0.39, 0.29) is 17.1 Å². The Kier molecular flexibility index (Phi) is 6.98. The van der Waals surface area contributed by atoms with E-state index in [4.69, 9.17) is 9.47 Å². The van der Waals surface area contributed by atoms with E-state index in [1.165, 1.54) is 29.6 Å². The number of hydrogen-bond acceptors (Lipinski definition) is 6. The molecule has 8 nitrogen and oxygen atoms in total. The van der Waals surface area contributed by atoms with Crippen molar-refractivity contribution in [3.05, 3.63) is 18.2 Å². The van der Waals surface area contributed by atoms with Crippen LogP contribution in [0, 0.1) is 0 Å². The van der Waals surface area contributed by atoms with E-state index in [0.29, 0.717) is 18.8 Å². The Morgan fingerprint density at radius 1 is 1.19 bits per heavy atom. The quantitative estimate of drug-likeness (QED) is 0.719. The molecule has 1 aromatic rings. The summed E-state index contributed by atoms with van der Waals surface area (Å²) in [6.45, 7) is 2.14. The summed E-state index contributed by atoms with van der Waals surface area (Å²) in [4.78, 5) is 23.0. The van der Waals surface area contributed by atoms with Gasteiger partial charge in [-0.1, -0.05) is 13.3 Å². The molecule has 26 heavy (non-hydrogen) atoms. The van der Waals surface area contributed by atoms with Crippen molar-refractivity contribution in [2.45, 2.75) is 37.5 Å². The Balaban J connectivity index is 2.19. The minimum Gasteiger partial charge on any atom is -0.495 e. The van der Waals surface area contributed by atoms with E-state index < -0.39 is 28.5 Å². The number of amides is 1. The van der Waals surface area contributed by atoms with E-state index in [1.807, 2.05) is 0 Å². The number of methoxy groups -OCH3 is 1. The first-order chi connectivity index (χ1) is 12.4. The predicted molar refractivity (Wildman–Crippen MR) is 95.5 cm³/mol. The Bertz CT molecular complexity index is 757. The van der Waals surface area contributed by atoms with Gasteiger partial charge in [0.25, 0.3) is 5.91 Å². The number of carbonyl (C=O) groups is 2. The van der Waals surface area contributed by atoms with Gasteiger partial charge in [0.2, 0.25) is 10.0 Å². The van der Waals surface area contributed by atoms with E-state index >= 15 is 0 Å². The lowest BCUT2D eigenvalue weighted by molar-refractivity contribution is -0.146. The van der Waals surface area contributed by atoms with Crippen molar-refractivity contribution >= 4 is 27.6 Å². The van der Waals surface area contributed by atoms with Gasteiger partial charge in [0, 0.05) is 25.2 Å². The average Bonchev–Trinajstić information content (AvgIpc) is 2.66. The third-order valence-corrected chi connectivity index (χ3v) is 5.95. The van der Waals surface area contributed by atoms with E-state index in [2.05, 4.69) is 5.32 Å². The van der Waals surface area contributed by atoms with Gasteiger partial charge < -0.3 is 14.8 Å². The second-order valence-electron chi connectivity index (χ2n) is 5.89. The largest absolute Gasteiger partial charge is 0.495 e. The molecule has 0 radical (unpaired) electrons. The van der Waals surface area contributed by atoms with Crippen LogP contribution in [-0.2, 0) is 24.3 Å². The molecule has 1 saturated heterocycles. The van der Waals surface area contributed by atoms with Crippen LogP contribution in [0.25, 0.3) is 0 Å². The number of esters is 1. The highest BCUT2D eigenvalue weighted by atomic mass is 32.2. The summed E-state index contributed by atoms with van der Waals surface area (Å²) in [7, 11) is -2.33. The topological polar surface area (TPSA) is 102 Å². The summed E-state index contributed by atoms with van der Waals surface area (Å²) >= 11 is 0. The SMILES string of the molecule is CCC(=O)OCC(=O)Nc1ccc(OC)c(S(=O)(=O)N2CCCCC2)c1. The summed E-state index contributed by atoms with van der Waals surface area (Å²) < 4.78 is 37.2. The second kappa shape index (κ2) is 9.00. The molecule has 1 fully saturated rings. The normalized spacial score (nSPS) is 15.3. The molecule has 0 unspecified atom stereocenters. The Hall–Kier alpha value is -2.13. The number of anilines is 1. The summed E-state index contributed by atoms with van der Waals surface area (Å²) in [6, 6.07) is 4.39. The van der Waals surface area contributed by atoms with Crippen molar-refractivity contribution in [3.63, 3.8) is 0 Å². The summed E-state index contributed by atoms with van der Waals surface area (Å²) in [5.74, 6) is -0.812. The molecular formula is C17H24N2O6S. The third kappa shape index (κ3) is 4.95. The lowest BCUT2D eigenvalue weighted by Crippen LogP contribution is -2.35. The molecule has 1 aromatic carbocycles. The van der Waals surface area contributed by atoms with Gasteiger partial charge in [-0.2, -0.15) is 4.31 Å². The number of hydrogen-bond donors (Lipinski definition) is 1. The molecule has 2 rings (SSSR count). The lowest BCUT2D eigenvalue weighted by atomic mass is 10.2. The van der Waals surface area contributed by atoms with Gasteiger partial charge >= 0.3 is 5.97 Å². The highest BCUT2D eigenvalue weighted by Crippen LogP contribution is 2.31. The molecule has 0 saturated carbocycles. The summed E-state index contributed by atoms with van der Waals surface area (Å²) in [5, 5.41) is 2.53. The smallest absolute Gasteiger partial charge is 0.306 e. The van der Waals surface area contributed by atoms with Gasteiger partial charge in [-0.05, 0) is 31.0 Å². The predicted octanol–water partition coefficient (Wildman–Crippen LogP) is 1.76. The van der Waals surface area contributed by atoms with Gasteiger partial charge in [0.05, 0.1) is 7.11 Å². The molecule has 144 valence electrons.